The van der Waals surface area contributed by atoms with Crippen molar-refractivity contribution in [2.75, 3.05) is 19.0 Å². The summed E-state index contributed by atoms with van der Waals surface area (Å²) in [5, 5.41) is 11.4. The minimum absolute atomic E-state index is 0.127. The van der Waals surface area contributed by atoms with Gasteiger partial charge in [0.25, 0.3) is 5.91 Å². The summed E-state index contributed by atoms with van der Waals surface area (Å²) in [6.07, 6.45) is 1.62. The molecule has 0 spiro atoms. The molecule has 0 aliphatic carbocycles. The predicted octanol–water partition coefficient (Wildman–Crippen LogP) is 3.45. The van der Waals surface area contributed by atoms with Gasteiger partial charge in [-0.1, -0.05) is 23.7 Å². The molecule has 126 valence electrons. The maximum absolute atomic E-state index is 12.8. The normalized spacial score (nSPS) is 11.0. The Kier molecular flexibility index (Phi) is 4.90. The van der Waals surface area contributed by atoms with Crippen LogP contribution >= 0.6 is 11.6 Å². The van der Waals surface area contributed by atoms with E-state index in [1.807, 2.05) is 12.1 Å². The first-order valence-electron chi connectivity index (χ1n) is 7.57. The van der Waals surface area contributed by atoms with E-state index in [-0.39, 0.29) is 5.91 Å². The molecule has 0 saturated heterocycles. The standard InChI is InChI=1S/C18H16ClN5O/c1-20-11-16-17(22-23-21-16)12-4-3-5-13(10-12)18(25)24(2)15-8-6-14(19)7-9-15/h3-11H,1-2H3,(H,21,22,23). The van der Waals surface area contributed by atoms with Gasteiger partial charge in [0, 0.05) is 35.9 Å². The summed E-state index contributed by atoms with van der Waals surface area (Å²) in [4.78, 5) is 18.3. The molecule has 0 aliphatic heterocycles. The number of carbonyl (C=O) groups excluding carboxylic acids is 1. The van der Waals surface area contributed by atoms with Gasteiger partial charge < -0.3 is 4.90 Å². The van der Waals surface area contributed by atoms with Gasteiger partial charge in [0.15, 0.2) is 0 Å². The molecular weight excluding hydrogens is 338 g/mol. The lowest BCUT2D eigenvalue weighted by Crippen LogP contribution is -2.26. The number of anilines is 1. The van der Waals surface area contributed by atoms with Gasteiger partial charge in [-0.05, 0) is 36.4 Å². The number of hydrogen-bond acceptors (Lipinski definition) is 4. The van der Waals surface area contributed by atoms with Crippen molar-refractivity contribution in [3.05, 3.63) is 64.8 Å². The second kappa shape index (κ2) is 7.27. The topological polar surface area (TPSA) is 74.2 Å². The Hall–Kier alpha value is -2.99. The second-order valence-corrected chi connectivity index (χ2v) is 5.80. The largest absolute Gasteiger partial charge is 0.311 e. The molecule has 2 aromatic carbocycles. The SMILES string of the molecule is CN=Cc1n[nH]nc1-c1cccc(C(=O)N(C)c2ccc(Cl)cc2)c1. The van der Waals surface area contributed by atoms with E-state index in [1.165, 1.54) is 0 Å². The molecule has 1 heterocycles. The van der Waals surface area contributed by atoms with Crippen molar-refractivity contribution < 1.29 is 4.79 Å². The van der Waals surface area contributed by atoms with Crippen molar-refractivity contribution in [1.82, 2.24) is 15.4 Å². The minimum Gasteiger partial charge on any atom is -0.311 e. The maximum atomic E-state index is 12.8. The Morgan fingerprint density at radius 1 is 1.20 bits per heavy atom. The molecule has 25 heavy (non-hydrogen) atoms. The van der Waals surface area contributed by atoms with Crippen LogP contribution < -0.4 is 4.90 Å². The van der Waals surface area contributed by atoms with Crippen molar-refractivity contribution in [2.24, 2.45) is 4.99 Å². The molecule has 3 rings (SSSR count). The summed E-state index contributed by atoms with van der Waals surface area (Å²) >= 11 is 5.90. The average molecular weight is 354 g/mol. The van der Waals surface area contributed by atoms with E-state index < -0.39 is 0 Å². The van der Waals surface area contributed by atoms with Crippen LogP contribution in [0.3, 0.4) is 0 Å². The molecule has 1 aromatic heterocycles. The number of aromatic amines is 1. The van der Waals surface area contributed by atoms with E-state index in [0.717, 1.165) is 11.3 Å². The zero-order chi connectivity index (χ0) is 17.8. The molecule has 0 unspecified atom stereocenters. The lowest BCUT2D eigenvalue weighted by Gasteiger charge is -2.17. The molecule has 0 atom stereocenters. The Bertz CT molecular complexity index is 917. The van der Waals surface area contributed by atoms with E-state index in [2.05, 4.69) is 20.4 Å². The highest BCUT2D eigenvalue weighted by atomic mass is 35.5. The van der Waals surface area contributed by atoms with Crippen LogP contribution in [0.1, 0.15) is 16.1 Å². The van der Waals surface area contributed by atoms with E-state index in [4.69, 9.17) is 11.6 Å². The van der Waals surface area contributed by atoms with Crippen LogP contribution in [0.15, 0.2) is 53.5 Å². The quantitative estimate of drug-likeness (QED) is 0.730. The number of aliphatic imine (C=N–C) groups is 1. The van der Waals surface area contributed by atoms with Crippen molar-refractivity contribution in [1.29, 1.82) is 0 Å². The van der Waals surface area contributed by atoms with Crippen molar-refractivity contribution >= 4 is 29.4 Å². The van der Waals surface area contributed by atoms with Crippen molar-refractivity contribution in [3.8, 4) is 11.3 Å². The Balaban J connectivity index is 1.91. The summed E-state index contributed by atoms with van der Waals surface area (Å²) in [6.45, 7) is 0. The summed E-state index contributed by atoms with van der Waals surface area (Å²) in [5.41, 5.74) is 3.38. The predicted molar refractivity (Wildman–Crippen MR) is 99.5 cm³/mol. The molecule has 3 aromatic rings. The Labute approximate surface area is 150 Å². The molecule has 1 amide bonds. The third-order valence-corrected chi connectivity index (χ3v) is 3.98. The number of nitrogens with zero attached hydrogens (tertiary/aromatic N) is 4. The first-order chi connectivity index (χ1) is 12.1. The molecule has 1 N–H and O–H groups in total. The Morgan fingerprint density at radius 2 is 1.96 bits per heavy atom. The van der Waals surface area contributed by atoms with E-state index in [0.29, 0.717) is 22.0 Å². The first-order valence-corrected chi connectivity index (χ1v) is 7.95. The van der Waals surface area contributed by atoms with Crippen LogP contribution in [0.2, 0.25) is 5.02 Å². The average Bonchev–Trinajstić information content (AvgIpc) is 3.10. The van der Waals surface area contributed by atoms with Gasteiger partial charge in [-0.2, -0.15) is 15.4 Å². The van der Waals surface area contributed by atoms with Crippen LogP contribution in [0, 0.1) is 0 Å². The van der Waals surface area contributed by atoms with Crippen LogP contribution in [-0.2, 0) is 0 Å². The highest BCUT2D eigenvalue weighted by Gasteiger charge is 2.16. The van der Waals surface area contributed by atoms with E-state index >= 15 is 0 Å². The van der Waals surface area contributed by atoms with E-state index in [1.54, 1.807) is 61.6 Å². The minimum atomic E-state index is -0.127. The summed E-state index contributed by atoms with van der Waals surface area (Å²) in [6, 6.07) is 14.4. The molecule has 0 aliphatic rings. The summed E-state index contributed by atoms with van der Waals surface area (Å²) in [7, 11) is 3.39. The van der Waals surface area contributed by atoms with Crippen LogP contribution in [0.25, 0.3) is 11.3 Å². The monoisotopic (exact) mass is 353 g/mol. The Morgan fingerprint density at radius 3 is 2.68 bits per heavy atom. The number of aromatic nitrogens is 3. The lowest BCUT2D eigenvalue weighted by atomic mass is 10.1. The van der Waals surface area contributed by atoms with Gasteiger partial charge in [-0.25, -0.2) is 0 Å². The molecule has 6 nitrogen and oxygen atoms in total. The first kappa shape index (κ1) is 16.9. The fourth-order valence-corrected chi connectivity index (χ4v) is 2.56. The number of amides is 1. The van der Waals surface area contributed by atoms with Crippen molar-refractivity contribution in [3.63, 3.8) is 0 Å². The number of H-pyrrole nitrogens is 1. The van der Waals surface area contributed by atoms with Gasteiger partial charge >= 0.3 is 0 Å². The lowest BCUT2D eigenvalue weighted by molar-refractivity contribution is 0.0993. The number of benzene rings is 2. The zero-order valence-corrected chi connectivity index (χ0v) is 14.5. The molecule has 0 radical (unpaired) electrons. The van der Waals surface area contributed by atoms with Gasteiger partial charge in [-0.3, -0.25) is 9.79 Å². The molecule has 0 fully saturated rings. The van der Waals surface area contributed by atoms with E-state index in [9.17, 15) is 4.79 Å². The molecule has 0 bridgehead atoms. The molecule has 7 heteroatoms. The fourth-order valence-electron chi connectivity index (χ4n) is 2.44. The fraction of sp³-hybridized carbons (Fsp3) is 0.111. The molecule has 0 saturated carbocycles. The zero-order valence-electron chi connectivity index (χ0n) is 13.8. The summed E-state index contributed by atoms with van der Waals surface area (Å²) in [5.74, 6) is -0.127. The van der Waals surface area contributed by atoms with Gasteiger partial charge in [0.1, 0.15) is 11.4 Å². The highest BCUT2D eigenvalue weighted by molar-refractivity contribution is 6.30. The van der Waals surface area contributed by atoms with Crippen LogP contribution in [0.4, 0.5) is 5.69 Å². The number of carbonyl (C=O) groups is 1. The summed E-state index contributed by atoms with van der Waals surface area (Å²) < 4.78 is 0. The maximum Gasteiger partial charge on any atom is 0.258 e. The number of hydrogen-bond donors (Lipinski definition) is 1. The number of halogens is 1. The smallest absolute Gasteiger partial charge is 0.258 e. The van der Waals surface area contributed by atoms with Gasteiger partial charge in [-0.15, -0.1) is 0 Å². The van der Waals surface area contributed by atoms with Crippen LogP contribution in [-0.4, -0.2) is 41.6 Å². The second-order valence-electron chi connectivity index (χ2n) is 5.37. The third-order valence-electron chi connectivity index (χ3n) is 3.73. The molecular formula is C18H16ClN5O. The highest BCUT2D eigenvalue weighted by Crippen LogP contribution is 2.23. The third kappa shape index (κ3) is 3.59. The van der Waals surface area contributed by atoms with Gasteiger partial charge in [0.05, 0.1) is 6.21 Å². The number of nitrogens with one attached hydrogen (secondary N) is 1. The number of rotatable bonds is 4. The van der Waals surface area contributed by atoms with Crippen LogP contribution in [0.5, 0.6) is 0 Å². The van der Waals surface area contributed by atoms with Crippen molar-refractivity contribution in [2.45, 2.75) is 0 Å². The van der Waals surface area contributed by atoms with Gasteiger partial charge in [0.2, 0.25) is 0 Å².